The highest BCUT2D eigenvalue weighted by atomic mass is 32.1. The van der Waals surface area contributed by atoms with E-state index < -0.39 is 11.7 Å². The zero-order valence-corrected chi connectivity index (χ0v) is 17.7. The van der Waals surface area contributed by atoms with Crippen molar-refractivity contribution in [1.82, 2.24) is 19.9 Å². The summed E-state index contributed by atoms with van der Waals surface area (Å²) < 4.78 is 39.2. The summed E-state index contributed by atoms with van der Waals surface area (Å²) in [5.74, 6) is 0.0186. The van der Waals surface area contributed by atoms with Crippen LogP contribution in [0.1, 0.15) is 40.7 Å². The molecule has 5 nitrogen and oxygen atoms in total. The molecule has 4 rings (SSSR count). The van der Waals surface area contributed by atoms with Gasteiger partial charge in [-0.2, -0.15) is 13.2 Å². The van der Waals surface area contributed by atoms with E-state index >= 15 is 0 Å². The Morgan fingerprint density at radius 2 is 2.10 bits per heavy atom. The fourth-order valence-corrected chi connectivity index (χ4v) is 4.39. The van der Waals surface area contributed by atoms with Gasteiger partial charge in [0.15, 0.2) is 0 Å². The number of thiazole rings is 1. The number of aryl methyl sites for hydroxylation is 1. The molecular weight excluding hydrogens is 425 g/mol. The molecule has 0 aliphatic carbocycles. The number of aromatic nitrogens is 3. The summed E-state index contributed by atoms with van der Waals surface area (Å²) in [6, 6.07) is 5.08. The number of nitrogens with zero attached hydrogens (tertiary/aromatic N) is 4. The quantitative estimate of drug-likeness (QED) is 0.573. The van der Waals surface area contributed by atoms with Crippen LogP contribution in [0.5, 0.6) is 0 Å². The second-order valence-electron chi connectivity index (χ2n) is 7.62. The molecule has 1 amide bonds. The minimum Gasteiger partial charge on any atom is -0.342 e. The van der Waals surface area contributed by atoms with Gasteiger partial charge < -0.3 is 4.90 Å². The third kappa shape index (κ3) is 5.10. The van der Waals surface area contributed by atoms with Crippen LogP contribution in [0.4, 0.5) is 13.2 Å². The van der Waals surface area contributed by atoms with Crippen molar-refractivity contribution in [3.63, 3.8) is 0 Å². The van der Waals surface area contributed by atoms with Gasteiger partial charge in [-0.15, -0.1) is 11.3 Å². The Kier molecular flexibility index (Phi) is 6.04. The summed E-state index contributed by atoms with van der Waals surface area (Å²) in [7, 11) is 0. The Labute approximate surface area is 182 Å². The van der Waals surface area contributed by atoms with Crippen molar-refractivity contribution in [2.45, 2.75) is 38.3 Å². The molecule has 2 aromatic heterocycles. The van der Waals surface area contributed by atoms with Crippen LogP contribution in [0.3, 0.4) is 0 Å². The molecule has 1 fully saturated rings. The van der Waals surface area contributed by atoms with E-state index in [2.05, 4.69) is 15.0 Å². The SMILES string of the molecule is Cc1nc(CC(=O)N2CCC[C@H](c3cncc(-c4cccc(C(F)(F)F)c4)n3)C2)cs1. The summed E-state index contributed by atoms with van der Waals surface area (Å²) in [6.45, 7) is 3.10. The molecule has 31 heavy (non-hydrogen) atoms. The minimum absolute atomic E-state index is 0.00637. The number of hydrogen-bond donors (Lipinski definition) is 0. The monoisotopic (exact) mass is 446 g/mol. The van der Waals surface area contributed by atoms with E-state index in [9.17, 15) is 18.0 Å². The molecule has 3 aromatic rings. The lowest BCUT2D eigenvalue weighted by Crippen LogP contribution is -2.40. The van der Waals surface area contributed by atoms with Crippen LogP contribution in [0.25, 0.3) is 11.3 Å². The molecule has 1 aromatic carbocycles. The van der Waals surface area contributed by atoms with Crippen molar-refractivity contribution in [3.05, 3.63) is 64.0 Å². The predicted octanol–water partition coefficient (Wildman–Crippen LogP) is 4.88. The predicted molar refractivity (Wildman–Crippen MR) is 112 cm³/mol. The van der Waals surface area contributed by atoms with Crippen molar-refractivity contribution in [3.8, 4) is 11.3 Å². The zero-order chi connectivity index (χ0) is 22.0. The van der Waals surface area contributed by atoms with Crippen molar-refractivity contribution in [2.75, 3.05) is 13.1 Å². The van der Waals surface area contributed by atoms with Gasteiger partial charge in [0.2, 0.25) is 5.91 Å². The normalized spacial score (nSPS) is 17.0. The van der Waals surface area contributed by atoms with Gasteiger partial charge in [-0.3, -0.25) is 9.78 Å². The van der Waals surface area contributed by atoms with Gasteiger partial charge in [0.25, 0.3) is 0 Å². The van der Waals surface area contributed by atoms with Crippen molar-refractivity contribution in [1.29, 1.82) is 0 Å². The highest BCUT2D eigenvalue weighted by Gasteiger charge is 2.31. The second-order valence-corrected chi connectivity index (χ2v) is 8.68. The third-order valence-electron chi connectivity index (χ3n) is 5.33. The molecule has 3 heterocycles. The second kappa shape index (κ2) is 8.74. The lowest BCUT2D eigenvalue weighted by molar-refractivity contribution is -0.137. The van der Waals surface area contributed by atoms with Gasteiger partial charge in [-0.1, -0.05) is 12.1 Å². The molecule has 1 aliphatic heterocycles. The van der Waals surface area contributed by atoms with Crippen molar-refractivity contribution < 1.29 is 18.0 Å². The molecule has 9 heteroatoms. The minimum atomic E-state index is -4.42. The van der Waals surface area contributed by atoms with Crippen molar-refractivity contribution in [2.24, 2.45) is 0 Å². The van der Waals surface area contributed by atoms with Crippen LogP contribution in [0.2, 0.25) is 0 Å². The first-order chi connectivity index (χ1) is 14.8. The van der Waals surface area contributed by atoms with Crippen LogP contribution >= 0.6 is 11.3 Å². The van der Waals surface area contributed by atoms with E-state index in [0.717, 1.165) is 35.7 Å². The lowest BCUT2D eigenvalue weighted by Gasteiger charge is -2.32. The van der Waals surface area contributed by atoms with E-state index in [0.29, 0.717) is 30.0 Å². The molecule has 0 N–H and O–H groups in total. The van der Waals surface area contributed by atoms with E-state index in [1.807, 2.05) is 17.2 Å². The summed E-state index contributed by atoms with van der Waals surface area (Å²) in [6.07, 6.45) is 0.644. The fraction of sp³-hybridized carbons (Fsp3) is 0.364. The molecule has 0 radical (unpaired) electrons. The van der Waals surface area contributed by atoms with Crippen molar-refractivity contribution >= 4 is 17.2 Å². The summed E-state index contributed by atoms with van der Waals surface area (Å²) >= 11 is 1.52. The first-order valence-corrected chi connectivity index (χ1v) is 10.9. The van der Waals surface area contributed by atoms with E-state index in [-0.39, 0.29) is 18.2 Å². The van der Waals surface area contributed by atoms with Gasteiger partial charge in [0.1, 0.15) is 0 Å². The Hall–Kier alpha value is -2.81. The smallest absolute Gasteiger partial charge is 0.342 e. The standard InChI is InChI=1S/C22H21F3N4OS/c1-14-27-18(13-31-14)9-21(30)29-7-3-5-16(12-29)20-11-26-10-19(28-20)15-4-2-6-17(8-15)22(23,24)25/h2,4,6,8,10-11,13,16H,3,5,7,9,12H2,1H3/t16-/m0/s1. The van der Waals surface area contributed by atoms with Crippen LogP contribution in [0.15, 0.2) is 42.0 Å². The number of carbonyl (C=O) groups is 1. The molecule has 0 unspecified atom stereocenters. The van der Waals surface area contributed by atoms with E-state index in [4.69, 9.17) is 0 Å². The van der Waals surface area contributed by atoms with Gasteiger partial charge in [-0.05, 0) is 31.9 Å². The van der Waals surface area contributed by atoms with Crippen LogP contribution < -0.4 is 0 Å². The highest BCUT2D eigenvalue weighted by molar-refractivity contribution is 7.09. The number of amides is 1. The maximum Gasteiger partial charge on any atom is 0.416 e. The first kappa shape index (κ1) is 21.4. The van der Waals surface area contributed by atoms with E-state index in [1.54, 1.807) is 12.3 Å². The Bertz CT molecular complexity index is 1080. The molecular formula is C22H21F3N4OS. The van der Waals surface area contributed by atoms with Crippen LogP contribution in [-0.4, -0.2) is 38.8 Å². The molecule has 162 valence electrons. The number of hydrogen-bond acceptors (Lipinski definition) is 5. The fourth-order valence-electron chi connectivity index (χ4n) is 3.77. The average molecular weight is 446 g/mol. The van der Waals surface area contributed by atoms with Crippen LogP contribution in [0, 0.1) is 6.92 Å². The average Bonchev–Trinajstić information content (AvgIpc) is 3.18. The number of piperidine rings is 1. The van der Waals surface area contributed by atoms with Gasteiger partial charge in [0, 0.05) is 36.1 Å². The Morgan fingerprint density at radius 1 is 1.26 bits per heavy atom. The van der Waals surface area contributed by atoms with Crippen LogP contribution in [-0.2, 0) is 17.4 Å². The maximum atomic E-state index is 13.1. The number of likely N-dealkylation sites (tertiary alicyclic amines) is 1. The molecule has 0 spiro atoms. The summed E-state index contributed by atoms with van der Waals surface area (Å²) in [5, 5.41) is 2.83. The molecule has 1 aliphatic rings. The Morgan fingerprint density at radius 3 is 2.84 bits per heavy atom. The summed E-state index contributed by atoms with van der Waals surface area (Å²) in [4.78, 5) is 27.7. The largest absolute Gasteiger partial charge is 0.416 e. The highest BCUT2D eigenvalue weighted by Crippen LogP contribution is 2.32. The molecule has 1 saturated heterocycles. The third-order valence-corrected chi connectivity index (χ3v) is 6.15. The lowest BCUT2D eigenvalue weighted by atomic mass is 9.94. The molecule has 0 bridgehead atoms. The number of carbonyl (C=O) groups excluding carboxylic acids is 1. The number of alkyl halides is 3. The van der Waals surface area contributed by atoms with Gasteiger partial charge in [0.05, 0.1) is 40.3 Å². The van der Waals surface area contributed by atoms with Gasteiger partial charge in [-0.25, -0.2) is 9.97 Å². The molecule has 0 saturated carbocycles. The van der Waals surface area contributed by atoms with E-state index in [1.165, 1.54) is 23.6 Å². The maximum absolute atomic E-state index is 13.1. The topological polar surface area (TPSA) is 59.0 Å². The Balaban J connectivity index is 1.50. The number of rotatable bonds is 4. The zero-order valence-electron chi connectivity index (χ0n) is 16.9. The number of halogens is 3. The number of benzene rings is 1. The first-order valence-electron chi connectivity index (χ1n) is 9.98. The van der Waals surface area contributed by atoms with Gasteiger partial charge >= 0.3 is 6.18 Å². The molecule has 1 atom stereocenters. The summed E-state index contributed by atoms with van der Waals surface area (Å²) in [5.41, 5.74) is 1.51.